The lowest BCUT2D eigenvalue weighted by atomic mass is 10.1. The predicted octanol–water partition coefficient (Wildman–Crippen LogP) is 2.54. The second kappa shape index (κ2) is 7.98. The van der Waals surface area contributed by atoms with Gasteiger partial charge in [-0.3, -0.25) is 4.79 Å². The molecule has 21 heavy (non-hydrogen) atoms. The summed E-state index contributed by atoms with van der Waals surface area (Å²) in [6.07, 6.45) is 3.21. The van der Waals surface area contributed by atoms with Crippen molar-refractivity contribution in [2.75, 3.05) is 31.6 Å². The number of hydrogen-bond donors (Lipinski definition) is 1. The minimum Gasteiger partial charge on any atom is -0.376 e. The molecule has 2 rings (SSSR count). The molecule has 2 heterocycles. The van der Waals surface area contributed by atoms with Crippen molar-refractivity contribution in [3.63, 3.8) is 0 Å². The van der Waals surface area contributed by atoms with E-state index in [2.05, 4.69) is 17.2 Å². The molecule has 1 aromatic heterocycles. The Bertz CT molecular complexity index is 465. The first kappa shape index (κ1) is 15.8. The van der Waals surface area contributed by atoms with Gasteiger partial charge in [-0.15, -0.1) is 0 Å². The number of likely N-dealkylation sites (tertiary alicyclic amines) is 1. The Morgan fingerprint density at radius 2 is 2.33 bits per heavy atom. The maximum atomic E-state index is 12.6. The first-order valence-electron chi connectivity index (χ1n) is 7.86. The lowest BCUT2D eigenvalue weighted by molar-refractivity contribution is 0.00193. The van der Waals surface area contributed by atoms with Crippen molar-refractivity contribution in [1.29, 1.82) is 0 Å². The molecule has 1 unspecified atom stereocenters. The highest BCUT2D eigenvalue weighted by Gasteiger charge is 2.25. The van der Waals surface area contributed by atoms with E-state index in [1.807, 2.05) is 24.0 Å². The molecular formula is C16H25N3O2. The van der Waals surface area contributed by atoms with Crippen LogP contribution in [0.4, 0.5) is 5.82 Å². The summed E-state index contributed by atoms with van der Waals surface area (Å²) in [7, 11) is 0. The molecule has 0 saturated carbocycles. The Balaban J connectivity index is 2.00. The van der Waals surface area contributed by atoms with Gasteiger partial charge in [0.2, 0.25) is 0 Å². The summed E-state index contributed by atoms with van der Waals surface area (Å²) in [6, 6.07) is 5.52. The van der Waals surface area contributed by atoms with E-state index < -0.39 is 0 Å². The Morgan fingerprint density at radius 3 is 3.10 bits per heavy atom. The average molecular weight is 291 g/mol. The van der Waals surface area contributed by atoms with Gasteiger partial charge in [-0.05, 0) is 38.3 Å². The quantitative estimate of drug-likeness (QED) is 0.875. The summed E-state index contributed by atoms with van der Waals surface area (Å²) in [5.41, 5.74) is 0.504. The molecule has 1 N–H and O–H groups in total. The van der Waals surface area contributed by atoms with Crippen LogP contribution < -0.4 is 5.32 Å². The molecule has 0 aliphatic carbocycles. The number of anilines is 1. The van der Waals surface area contributed by atoms with Gasteiger partial charge in [-0.1, -0.05) is 13.0 Å². The van der Waals surface area contributed by atoms with Gasteiger partial charge in [0.25, 0.3) is 5.91 Å². The number of aromatic nitrogens is 1. The van der Waals surface area contributed by atoms with Crippen LogP contribution in [0.15, 0.2) is 18.2 Å². The van der Waals surface area contributed by atoms with Crippen molar-refractivity contribution in [1.82, 2.24) is 9.88 Å². The van der Waals surface area contributed by atoms with Crippen LogP contribution in [0.1, 0.15) is 43.6 Å². The fourth-order valence-electron chi connectivity index (χ4n) is 2.54. The van der Waals surface area contributed by atoms with E-state index in [1.165, 1.54) is 0 Å². The minimum absolute atomic E-state index is 0.000415. The predicted molar refractivity (Wildman–Crippen MR) is 83.6 cm³/mol. The van der Waals surface area contributed by atoms with Gasteiger partial charge in [0.15, 0.2) is 0 Å². The molecule has 1 amide bonds. The van der Waals surface area contributed by atoms with Crippen LogP contribution in [0.25, 0.3) is 0 Å². The molecule has 1 aromatic rings. The lowest BCUT2D eigenvalue weighted by Gasteiger charge is -2.32. The highest BCUT2D eigenvalue weighted by Crippen LogP contribution is 2.16. The smallest absolute Gasteiger partial charge is 0.272 e. The zero-order valence-corrected chi connectivity index (χ0v) is 13.0. The highest BCUT2D eigenvalue weighted by molar-refractivity contribution is 5.92. The molecule has 1 aliphatic heterocycles. The van der Waals surface area contributed by atoms with E-state index >= 15 is 0 Å². The number of carbonyl (C=O) groups excluding carboxylic acids is 1. The van der Waals surface area contributed by atoms with Crippen LogP contribution in [-0.2, 0) is 4.74 Å². The third kappa shape index (κ3) is 4.43. The second-order valence-electron chi connectivity index (χ2n) is 5.32. The van der Waals surface area contributed by atoms with Gasteiger partial charge in [0.1, 0.15) is 11.5 Å². The number of pyridine rings is 1. The lowest BCUT2D eigenvalue weighted by Crippen LogP contribution is -2.43. The van der Waals surface area contributed by atoms with Crippen molar-refractivity contribution >= 4 is 11.7 Å². The van der Waals surface area contributed by atoms with Crippen LogP contribution >= 0.6 is 0 Å². The first-order chi connectivity index (χ1) is 10.2. The third-order valence-corrected chi connectivity index (χ3v) is 3.55. The van der Waals surface area contributed by atoms with Gasteiger partial charge in [0, 0.05) is 26.2 Å². The number of rotatable bonds is 6. The van der Waals surface area contributed by atoms with Crippen LogP contribution in [0, 0.1) is 0 Å². The molecule has 0 bridgehead atoms. The van der Waals surface area contributed by atoms with Crippen molar-refractivity contribution in [3.05, 3.63) is 23.9 Å². The zero-order chi connectivity index (χ0) is 15.1. The molecule has 5 heteroatoms. The van der Waals surface area contributed by atoms with Gasteiger partial charge in [0.05, 0.1) is 6.10 Å². The number of ether oxygens (including phenoxy) is 1. The Hall–Kier alpha value is -1.62. The number of nitrogens with zero attached hydrogens (tertiary/aromatic N) is 2. The maximum Gasteiger partial charge on any atom is 0.272 e. The molecule has 0 radical (unpaired) electrons. The Kier molecular flexibility index (Phi) is 5.99. The Morgan fingerprint density at radius 1 is 1.48 bits per heavy atom. The largest absolute Gasteiger partial charge is 0.376 e. The summed E-state index contributed by atoms with van der Waals surface area (Å²) in [4.78, 5) is 18.8. The van der Waals surface area contributed by atoms with Crippen molar-refractivity contribution in [3.8, 4) is 0 Å². The SMILES string of the molecule is CCCOC1CCCN(C(=O)c2cccc(NCC)n2)C1. The van der Waals surface area contributed by atoms with Gasteiger partial charge >= 0.3 is 0 Å². The normalized spacial score (nSPS) is 18.6. The zero-order valence-electron chi connectivity index (χ0n) is 13.0. The van der Waals surface area contributed by atoms with Crippen LogP contribution in [0.3, 0.4) is 0 Å². The van der Waals surface area contributed by atoms with E-state index in [1.54, 1.807) is 6.07 Å². The number of amides is 1. The minimum atomic E-state index is -0.000415. The van der Waals surface area contributed by atoms with Gasteiger partial charge in [-0.2, -0.15) is 0 Å². The summed E-state index contributed by atoms with van der Waals surface area (Å²) in [5.74, 6) is 0.749. The molecule has 1 aliphatic rings. The molecule has 0 spiro atoms. The summed E-state index contributed by atoms with van der Waals surface area (Å²) >= 11 is 0. The fourth-order valence-corrected chi connectivity index (χ4v) is 2.54. The molecule has 1 saturated heterocycles. The topological polar surface area (TPSA) is 54.5 Å². The van der Waals surface area contributed by atoms with Crippen molar-refractivity contribution < 1.29 is 9.53 Å². The molecule has 116 valence electrons. The average Bonchev–Trinajstić information content (AvgIpc) is 2.53. The summed E-state index contributed by atoms with van der Waals surface area (Å²) in [6.45, 7) is 7.13. The Labute approximate surface area is 126 Å². The number of carbonyl (C=O) groups is 1. The second-order valence-corrected chi connectivity index (χ2v) is 5.32. The molecule has 1 atom stereocenters. The number of piperidine rings is 1. The maximum absolute atomic E-state index is 12.6. The molecule has 0 aromatic carbocycles. The number of hydrogen-bond acceptors (Lipinski definition) is 4. The van der Waals surface area contributed by atoms with Crippen LogP contribution in [0.2, 0.25) is 0 Å². The molecule has 1 fully saturated rings. The van der Waals surface area contributed by atoms with Crippen molar-refractivity contribution in [2.45, 2.75) is 39.2 Å². The summed E-state index contributed by atoms with van der Waals surface area (Å²) < 4.78 is 5.78. The van der Waals surface area contributed by atoms with Gasteiger partial charge < -0.3 is 15.0 Å². The highest BCUT2D eigenvalue weighted by atomic mass is 16.5. The van der Waals surface area contributed by atoms with Crippen LogP contribution in [0.5, 0.6) is 0 Å². The fraction of sp³-hybridized carbons (Fsp3) is 0.625. The first-order valence-corrected chi connectivity index (χ1v) is 7.86. The van der Waals surface area contributed by atoms with Crippen molar-refractivity contribution in [2.24, 2.45) is 0 Å². The molecular weight excluding hydrogens is 266 g/mol. The van der Waals surface area contributed by atoms with E-state index in [4.69, 9.17) is 4.74 Å². The van der Waals surface area contributed by atoms with E-state index in [0.29, 0.717) is 12.2 Å². The van der Waals surface area contributed by atoms with E-state index in [-0.39, 0.29) is 12.0 Å². The van der Waals surface area contributed by atoms with E-state index in [0.717, 1.165) is 44.8 Å². The monoisotopic (exact) mass is 291 g/mol. The molecule has 5 nitrogen and oxygen atoms in total. The third-order valence-electron chi connectivity index (χ3n) is 3.55. The van der Waals surface area contributed by atoms with Gasteiger partial charge in [-0.25, -0.2) is 4.98 Å². The van der Waals surface area contributed by atoms with Crippen LogP contribution in [-0.4, -0.2) is 48.1 Å². The standard InChI is InChI=1S/C16H25N3O2/c1-3-11-21-13-7-6-10-19(12-13)16(20)14-8-5-9-15(18-14)17-4-2/h5,8-9,13H,3-4,6-7,10-12H2,1-2H3,(H,17,18). The van der Waals surface area contributed by atoms with E-state index in [9.17, 15) is 4.79 Å². The summed E-state index contributed by atoms with van der Waals surface area (Å²) in [5, 5.41) is 3.14. The number of nitrogens with one attached hydrogen (secondary N) is 1.